The summed E-state index contributed by atoms with van der Waals surface area (Å²) in [5, 5.41) is 4.27. The number of terminal acetylenes is 3. The molecule has 1 aromatic carbocycles. The van der Waals surface area contributed by atoms with Crippen LogP contribution in [0, 0.1) is 38.5 Å². The van der Waals surface area contributed by atoms with Crippen molar-refractivity contribution in [2.24, 2.45) is 0 Å². The SMILES string of the molecule is C#C.C#C.C#C.CC/C=C\CCCCC.C[C@@H](NC(=O)[C@@H]1CCCN1C(=O)CNC(=O)OC(C)(C)C)C(=O)NS(=O)(=O)C1CC1.c1ccccc1. The van der Waals surface area contributed by atoms with Gasteiger partial charge in [-0.3, -0.25) is 19.1 Å². The second-order valence-electron chi connectivity index (χ2n) is 12.1. The molecule has 2 atom stereocenters. The molecule has 2 aliphatic rings. The van der Waals surface area contributed by atoms with Crippen molar-refractivity contribution in [2.45, 2.75) is 122 Å². The van der Waals surface area contributed by atoms with Crippen LogP contribution in [0.3, 0.4) is 0 Å². The highest BCUT2D eigenvalue weighted by molar-refractivity contribution is 7.90. The van der Waals surface area contributed by atoms with Crippen molar-refractivity contribution >= 4 is 33.8 Å². The van der Waals surface area contributed by atoms with Crippen molar-refractivity contribution in [3.05, 3.63) is 48.6 Å². The van der Waals surface area contributed by atoms with Crippen molar-refractivity contribution < 1.29 is 32.3 Å². The number of ether oxygens (including phenoxy) is 1. The van der Waals surface area contributed by atoms with E-state index in [1.165, 1.54) is 43.9 Å². The predicted molar refractivity (Wildman–Crippen MR) is 206 cm³/mol. The highest BCUT2D eigenvalue weighted by Crippen LogP contribution is 2.27. The number of nitrogens with one attached hydrogen (secondary N) is 3. The first-order valence-electron chi connectivity index (χ1n) is 17.0. The third-order valence-electron chi connectivity index (χ3n) is 6.66. The summed E-state index contributed by atoms with van der Waals surface area (Å²) < 4.78 is 30.8. The predicted octanol–water partition coefficient (Wildman–Crippen LogP) is 5.58. The van der Waals surface area contributed by atoms with E-state index in [4.69, 9.17) is 4.74 Å². The van der Waals surface area contributed by atoms with Crippen molar-refractivity contribution in [3.8, 4) is 38.5 Å². The molecule has 0 aromatic heterocycles. The minimum absolute atomic E-state index is 0.325. The number of sulfonamides is 1. The van der Waals surface area contributed by atoms with Crippen LogP contribution in [0.4, 0.5) is 4.79 Å². The molecule has 0 radical (unpaired) electrons. The molecule has 1 aromatic rings. The Labute approximate surface area is 308 Å². The van der Waals surface area contributed by atoms with Crippen LogP contribution in [-0.4, -0.2) is 73.2 Å². The number of hydrogen-bond acceptors (Lipinski definition) is 7. The summed E-state index contributed by atoms with van der Waals surface area (Å²) >= 11 is 0. The van der Waals surface area contributed by atoms with Crippen molar-refractivity contribution in [1.29, 1.82) is 0 Å². The zero-order valence-corrected chi connectivity index (χ0v) is 32.1. The normalized spacial score (nSPS) is 14.9. The minimum atomic E-state index is -3.71. The van der Waals surface area contributed by atoms with Crippen LogP contribution in [-0.2, 0) is 29.1 Å². The third kappa shape index (κ3) is 25.8. The molecule has 3 N–H and O–H groups in total. The number of amides is 4. The first-order valence-corrected chi connectivity index (χ1v) is 18.5. The smallest absolute Gasteiger partial charge is 0.408 e. The number of rotatable bonds is 12. The topological polar surface area (TPSA) is 151 Å². The van der Waals surface area contributed by atoms with E-state index in [1.807, 2.05) is 41.1 Å². The van der Waals surface area contributed by atoms with Gasteiger partial charge in [-0.05, 0) is 72.6 Å². The standard InChI is InChI=1S/C18H30N4O7S.C9H18.C6H6.3C2H2/c1-11(15(24)21-30(27,28)12-7-8-12)20-16(25)13-6-5-9-22(13)14(23)10-19-17(26)29-18(2,3)4;1-3-5-7-9-8-6-4-2;1-2-4-6-5-3-1;3*1-2/h11-13H,5-10H2,1-4H3,(H,19,26)(H,20,25)(H,21,24);5,7H,3-4,6,8-9H2,1-2H3;1-6H;3*1-2H/b;7-5-;;;;/t11-,13+;;;;;/m1...../s1. The first-order chi connectivity index (χ1) is 24.2. The number of benzene rings is 1. The summed E-state index contributed by atoms with van der Waals surface area (Å²) in [5.74, 6) is -1.82. The molecule has 1 aliphatic carbocycles. The minimum Gasteiger partial charge on any atom is -0.444 e. The van der Waals surface area contributed by atoms with E-state index in [1.54, 1.807) is 20.8 Å². The van der Waals surface area contributed by atoms with Gasteiger partial charge >= 0.3 is 6.09 Å². The van der Waals surface area contributed by atoms with Gasteiger partial charge in [-0.25, -0.2) is 13.2 Å². The van der Waals surface area contributed by atoms with Gasteiger partial charge in [-0.2, -0.15) is 0 Å². The molecule has 11 nitrogen and oxygen atoms in total. The van der Waals surface area contributed by atoms with Gasteiger partial charge in [0.15, 0.2) is 0 Å². The lowest BCUT2D eigenvalue weighted by Crippen LogP contribution is -2.54. The van der Waals surface area contributed by atoms with Crippen molar-refractivity contribution in [2.75, 3.05) is 13.1 Å². The van der Waals surface area contributed by atoms with E-state index >= 15 is 0 Å². The molecule has 2 fully saturated rings. The summed E-state index contributed by atoms with van der Waals surface area (Å²) in [5.41, 5.74) is -0.701. The number of carbonyl (C=O) groups is 4. The van der Waals surface area contributed by atoms with E-state index in [0.717, 1.165) is 0 Å². The molecule has 3 rings (SSSR count). The largest absolute Gasteiger partial charge is 0.444 e. The summed E-state index contributed by atoms with van der Waals surface area (Å²) in [6.07, 6.45) is 36.4. The van der Waals surface area contributed by atoms with Gasteiger partial charge in [-0.1, -0.05) is 75.2 Å². The Balaban J connectivity index is -0.000000893. The van der Waals surface area contributed by atoms with Gasteiger partial charge in [0, 0.05) is 6.54 Å². The van der Waals surface area contributed by atoms with Gasteiger partial charge in [-0.15, -0.1) is 38.5 Å². The van der Waals surface area contributed by atoms with E-state index in [2.05, 4.69) is 75.2 Å². The maximum absolute atomic E-state index is 12.6. The molecule has 1 heterocycles. The fourth-order valence-electron chi connectivity index (χ4n) is 4.15. The zero-order chi connectivity index (χ0) is 39.9. The molecular weight excluding hydrogens is 669 g/mol. The first kappa shape index (κ1) is 50.6. The average molecular weight is 729 g/mol. The average Bonchev–Trinajstić information content (AvgIpc) is 3.88. The molecule has 4 amide bonds. The molecule has 0 spiro atoms. The maximum Gasteiger partial charge on any atom is 0.408 e. The summed E-state index contributed by atoms with van der Waals surface area (Å²) in [6.45, 7) is 10.9. The van der Waals surface area contributed by atoms with Crippen molar-refractivity contribution in [3.63, 3.8) is 0 Å². The van der Waals surface area contributed by atoms with Crippen LogP contribution in [0.5, 0.6) is 0 Å². The second kappa shape index (κ2) is 30.1. The fraction of sp³-hybridized carbons (Fsp3) is 0.538. The summed E-state index contributed by atoms with van der Waals surface area (Å²) in [6, 6.07) is 10.1. The van der Waals surface area contributed by atoms with Gasteiger partial charge < -0.3 is 20.3 Å². The Kier molecular flexibility index (Phi) is 29.9. The fourth-order valence-corrected chi connectivity index (χ4v) is 5.53. The molecule has 1 saturated heterocycles. The van der Waals surface area contributed by atoms with Crippen LogP contribution in [0.1, 0.15) is 99.3 Å². The van der Waals surface area contributed by atoms with Crippen LogP contribution in [0.2, 0.25) is 0 Å². The van der Waals surface area contributed by atoms with Gasteiger partial charge in [0.05, 0.1) is 5.25 Å². The number of carbonyl (C=O) groups excluding carboxylic acids is 4. The molecule has 1 aliphatic heterocycles. The number of nitrogens with zero attached hydrogens (tertiary/aromatic N) is 1. The van der Waals surface area contributed by atoms with Gasteiger partial charge in [0.2, 0.25) is 21.8 Å². The van der Waals surface area contributed by atoms with E-state index < -0.39 is 56.8 Å². The molecule has 0 unspecified atom stereocenters. The van der Waals surface area contributed by atoms with Crippen LogP contribution >= 0.6 is 0 Å². The van der Waals surface area contributed by atoms with Crippen molar-refractivity contribution in [1.82, 2.24) is 20.3 Å². The number of unbranched alkanes of at least 4 members (excludes halogenated alkanes) is 3. The van der Waals surface area contributed by atoms with Crippen LogP contribution < -0.4 is 15.4 Å². The lowest BCUT2D eigenvalue weighted by molar-refractivity contribution is -0.138. The number of alkyl carbamates (subject to hydrolysis) is 1. The number of allylic oxidation sites excluding steroid dienone is 2. The lowest BCUT2D eigenvalue weighted by Gasteiger charge is -2.26. The Morgan fingerprint density at radius 3 is 1.86 bits per heavy atom. The monoisotopic (exact) mass is 728 g/mol. The molecule has 284 valence electrons. The van der Waals surface area contributed by atoms with Crippen LogP contribution in [0.25, 0.3) is 0 Å². The van der Waals surface area contributed by atoms with Gasteiger partial charge in [0.1, 0.15) is 24.2 Å². The summed E-state index contributed by atoms with van der Waals surface area (Å²) in [7, 11) is -3.71. The Bertz CT molecular complexity index is 1270. The van der Waals surface area contributed by atoms with E-state index in [0.29, 0.717) is 32.2 Å². The molecule has 0 bridgehead atoms. The molecular formula is C39H60N4O7S. The number of likely N-dealkylation sites (tertiary alicyclic amines) is 1. The Hall–Kier alpha value is -4.73. The Morgan fingerprint density at radius 2 is 1.41 bits per heavy atom. The highest BCUT2D eigenvalue weighted by Gasteiger charge is 2.39. The second-order valence-corrected chi connectivity index (χ2v) is 14.0. The lowest BCUT2D eigenvalue weighted by atomic mass is 10.2. The third-order valence-corrected chi connectivity index (χ3v) is 8.49. The quantitative estimate of drug-likeness (QED) is 0.144. The highest BCUT2D eigenvalue weighted by atomic mass is 32.2. The molecule has 51 heavy (non-hydrogen) atoms. The maximum atomic E-state index is 12.6. The Morgan fingerprint density at radius 1 is 0.882 bits per heavy atom. The molecule has 1 saturated carbocycles. The van der Waals surface area contributed by atoms with Crippen LogP contribution in [0.15, 0.2) is 48.6 Å². The van der Waals surface area contributed by atoms with E-state index in [-0.39, 0.29) is 6.54 Å². The van der Waals surface area contributed by atoms with E-state index in [9.17, 15) is 27.6 Å². The zero-order valence-electron chi connectivity index (χ0n) is 31.3. The number of hydrogen-bond donors (Lipinski definition) is 3. The molecule has 12 heteroatoms. The summed E-state index contributed by atoms with van der Waals surface area (Å²) in [4.78, 5) is 50.1. The van der Waals surface area contributed by atoms with Gasteiger partial charge in [0.25, 0.3) is 5.91 Å².